The zero-order chi connectivity index (χ0) is 20.0. The molecule has 3 rings (SSSR count). The van der Waals surface area contributed by atoms with Crippen LogP contribution >= 0.6 is 11.3 Å². The van der Waals surface area contributed by atoms with Gasteiger partial charge in [-0.05, 0) is 65.9 Å². The highest BCUT2D eigenvalue weighted by Gasteiger charge is 2.29. The predicted molar refractivity (Wildman–Crippen MR) is 104 cm³/mol. The van der Waals surface area contributed by atoms with Crippen molar-refractivity contribution in [3.05, 3.63) is 87.6 Å². The van der Waals surface area contributed by atoms with Crippen LogP contribution in [0.25, 0.3) is 0 Å². The molecule has 0 bridgehead atoms. The van der Waals surface area contributed by atoms with Gasteiger partial charge in [-0.2, -0.15) is 13.2 Å². The van der Waals surface area contributed by atoms with Gasteiger partial charge in [0.15, 0.2) is 0 Å². The molecule has 2 aromatic carbocycles. The van der Waals surface area contributed by atoms with Crippen LogP contribution in [0.1, 0.15) is 28.5 Å². The normalized spacial score (nSPS) is 12.1. The molecule has 146 valence electrons. The molecular formula is C21H18F3NO2S. The zero-order valence-electron chi connectivity index (χ0n) is 15.1. The highest BCUT2D eigenvalue weighted by molar-refractivity contribution is 7.09. The molecule has 3 nitrogen and oxygen atoms in total. The fraction of sp³-hybridized carbons (Fsp3) is 0.190. The summed E-state index contributed by atoms with van der Waals surface area (Å²) in [5, 5.41) is 6.04. The second-order valence-corrected chi connectivity index (χ2v) is 7.07. The van der Waals surface area contributed by atoms with Crippen LogP contribution in [0.4, 0.5) is 13.2 Å². The standard InChI is InChI=1S/C21H18F3NO2S/c1-15(25-27-13-16-4-8-18(9-5-16)21(22,23)24)17-6-10-19(11-7-17)26-14-20-3-2-12-28-20/h2-12H,13-14H2,1H3. The lowest BCUT2D eigenvalue weighted by Crippen LogP contribution is -2.04. The van der Waals surface area contributed by atoms with Crippen LogP contribution in [0.2, 0.25) is 0 Å². The van der Waals surface area contributed by atoms with Crippen molar-refractivity contribution in [2.45, 2.75) is 26.3 Å². The highest BCUT2D eigenvalue weighted by atomic mass is 32.1. The Kier molecular flexibility index (Phi) is 6.36. The second-order valence-electron chi connectivity index (χ2n) is 6.04. The van der Waals surface area contributed by atoms with Gasteiger partial charge < -0.3 is 9.57 Å². The summed E-state index contributed by atoms with van der Waals surface area (Å²) in [4.78, 5) is 6.42. The third-order valence-corrected chi connectivity index (χ3v) is 4.80. The van der Waals surface area contributed by atoms with E-state index in [2.05, 4.69) is 5.16 Å². The Morgan fingerprint density at radius 1 is 0.964 bits per heavy atom. The van der Waals surface area contributed by atoms with E-state index >= 15 is 0 Å². The lowest BCUT2D eigenvalue weighted by molar-refractivity contribution is -0.137. The lowest BCUT2D eigenvalue weighted by Gasteiger charge is -2.08. The SMILES string of the molecule is CC(=NOCc1ccc(C(F)(F)F)cc1)c1ccc(OCc2cccs2)cc1. The van der Waals surface area contributed by atoms with Crippen molar-refractivity contribution in [2.75, 3.05) is 0 Å². The maximum absolute atomic E-state index is 12.6. The van der Waals surface area contributed by atoms with E-state index in [9.17, 15) is 13.2 Å². The summed E-state index contributed by atoms with van der Waals surface area (Å²) in [7, 11) is 0. The van der Waals surface area contributed by atoms with Crippen LogP contribution in [0.3, 0.4) is 0 Å². The Morgan fingerprint density at radius 2 is 1.68 bits per heavy atom. The van der Waals surface area contributed by atoms with E-state index in [0.29, 0.717) is 17.9 Å². The van der Waals surface area contributed by atoms with Crippen LogP contribution in [0, 0.1) is 0 Å². The number of nitrogens with zero attached hydrogens (tertiary/aromatic N) is 1. The van der Waals surface area contributed by atoms with Crippen LogP contribution in [0.5, 0.6) is 5.75 Å². The Morgan fingerprint density at radius 3 is 2.29 bits per heavy atom. The fourth-order valence-corrected chi connectivity index (χ4v) is 3.00. The molecule has 7 heteroatoms. The minimum atomic E-state index is -4.34. The molecule has 0 saturated carbocycles. The fourth-order valence-electron chi connectivity index (χ4n) is 2.39. The Bertz CT molecular complexity index is 902. The number of alkyl halides is 3. The smallest absolute Gasteiger partial charge is 0.416 e. The average Bonchev–Trinajstić information content (AvgIpc) is 3.20. The third kappa shape index (κ3) is 5.60. The molecule has 0 atom stereocenters. The quantitative estimate of drug-likeness (QED) is 0.342. The first-order valence-electron chi connectivity index (χ1n) is 8.50. The van der Waals surface area contributed by atoms with Gasteiger partial charge >= 0.3 is 6.18 Å². The monoisotopic (exact) mass is 405 g/mol. The minimum Gasteiger partial charge on any atom is -0.488 e. The summed E-state index contributed by atoms with van der Waals surface area (Å²) in [6.45, 7) is 2.42. The van der Waals surface area contributed by atoms with Crippen molar-refractivity contribution in [3.8, 4) is 5.75 Å². The van der Waals surface area contributed by atoms with E-state index in [-0.39, 0.29) is 6.61 Å². The number of halogens is 3. The van der Waals surface area contributed by atoms with Crippen molar-refractivity contribution in [2.24, 2.45) is 5.16 Å². The van der Waals surface area contributed by atoms with E-state index in [0.717, 1.165) is 28.3 Å². The summed E-state index contributed by atoms with van der Waals surface area (Å²) in [5.41, 5.74) is 1.46. The molecule has 1 aromatic heterocycles. The number of ether oxygens (including phenoxy) is 1. The number of hydrogen-bond acceptors (Lipinski definition) is 4. The first kappa shape index (κ1) is 19.9. The van der Waals surface area contributed by atoms with Gasteiger partial charge in [0, 0.05) is 4.88 Å². The lowest BCUT2D eigenvalue weighted by atomic mass is 10.1. The molecule has 0 spiro atoms. The molecule has 0 saturated heterocycles. The van der Waals surface area contributed by atoms with Crippen molar-refractivity contribution < 1.29 is 22.7 Å². The number of rotatable bonds is 7. The molecule has 0 amide bonds. The van der Waals surface area contributed by atoms with Crippen LogP contribution in [-0.2, 0) is 24.2 Å². The molecule has 28 heavy (non-hydrogen) atoms. The molecule has 1 heterocycles. The highest BCUT2D eigenvalue weighted by Crippen LogP contribution is 2.29. The molecule has 0 fully saturated rings. The number of thiophene rings is 1. The average molecular weight is 405 g/mol. The summed E-state index contributed by atoms with van der Waals surface area (Å²) in [6.07, 6.45) is -4.34. The molecule has 0 aliphatic heterocycles. The predicted octanol–water partition coefficient (Wildman–Crippen LogP) is 6.29. The van der Waals surface area contributed by atoms with Gasteiger partial charge in [-0.25, -0.2) is 0 Å². The maximum atomic E-state index is 12.6. The van der Waals surface area contributed by atoms with E-state index < -0.39 is 11.7 Å². The first-order chi connectivity index (χ1) is 13.4. The van der Waals surface area contributed by atoms with Crippen molar-refractivity contribution >= 4 is 17.0 Å². The topological polar surface area (TPSA) is 30.8 Å². The molecule has 0 radical (unpaired) electrons. The minimum absolute atomic E-state index is 0.0947. The largest absolute Gasteiger partial charge is 0.488 e. The maximum Gasteiger partial charge on any atom is 0.416 e. The zero-order valence-corrected chi connectivity index (χ0v) is 15.9. The van der Waals surface area contributed by atoms with E-state index in [1.165, 1.54) is 12.1 Å². The van der Waals surface area contributed by atoms with E-state index in [1.54, 1.807) is 18.3 Å². The van der Waals surface area contributed by atoms with E-state index in [4.69, 9.17) is 9.57 Å². The Balaban J connectivity index is 1.51. The molecule has 0 N–H and O–H groups in total. The van der Waals surface area contributed by atoms with Gasteiger partial charge in [-0.15, -0.1) is 11.3 Å². The number of benzene rings is 2. The van der Waals surface area contributed by atoms with Gasteiger partial charge in [0.25, 0.3) is 0 Å². The van der Waals surface area contributed by atoms with Crippen molar-refractivity contribution in [1.82, 2.24) is 0 Å². The van der Waals surface area contributed by atoms with Gasteiger partial charge in [-0.1, -0.05) is 23.4 Å². The van der Waals surface area contributed by atoms with Crippen LogP contribution in [0.15, 0.2) is 71.2 Å². The first-order valence-corrected chi connectivity index (χ1v) is 9.38. The van der Waals surface area contributed by atoms with Gasteiger partial charge in [0.1, 0.15) is 19.0 Å². The van der Waals surface area contributed by atoms with Gasteiger partial charge in [-0.3, -0.25) is 0 Å². The van der Waals surface area contributed by atoms with Crippen LogP contribution in [-0.4, -0.2) is 5.71 Å². The van der Waals surface area contributed by atoms with Gasteiger partial charge in [0.2, 0.25) is 0 Å². The molecule has 0 aliphatic rings. The third-order valence-electron chi connectivity index (χ3n) is 3.95. The summed E-state index contributed by atoms with van der Waals surface area (Å²) in [6, 6.07) is 16.3. The van der Waals surface area contributed by atoms with Crippen molar-refractivity contribution in [1.29, 1.82) is 0 Å². The van der Waals surface area contributed by atoms with Crippen molar-refractivity contribution in [3.63, 3.8) is 0 Å². The number of hydrogen-bond donors (Lipinski definition) is 0. The summed E-state index contributed by atoms with van der Waals surface area (Å²) in [5.74, 6) is 0.760. The second kappa shape index (κ2) is 8.93. The summed E-state index contributed by atoms with van der Waals surface area (Å²) < 4.78 is 43.4. The Hall–Kier alpha value is -2.80. The molecule has 0 unspecified atom stereocenters. The molecule has 0 aliphatic carbocycles. The number of oxime groups is 1. The van der Waals surface area contributed by atoms with E-state index in [1.807, 2.05) is 41.8 Å². The van der Waals surface area contributed by atoms with Gasteiger partial charge in [0.05, 0.1) is 11.3 Å². The molecular weight excluding hydrogens is 387 g/mol. The molecule has 3 aromatic rings. The Labute approximate surface area is 165 Å². The summed E-state index contributed by atoms with van der Waals surface area (Å²) >= 11 is 1.64. The van der Waals surface area contributed by atoms with Crippen LogP contribution < -0.4 is 4.74 Å².